The van der Waals surface area contributed by atoms with Gasteiger partial charge < -0.3 is 0 Å². The molecule has 1 aliphatic heterocycles. The Balaban J connectivity index is 3.10. The van der Waals surface area contributed by atoms with Gasteiger partial charge in [-0.25, -0.2) is 0 Å². The third-order valence-corrected chi connectivity index (χ3v) is 1.06. The van der Waals surface area contributed by atoms with Crippen molar-refractivity contribution in [1.29, 1.82) is 0 Å². The van der Waals surface area contributed by atoms with E-state index >= 15 is 0 Å². The maximum atomic E-state index is 2.93. The number of hydrogen-bond acceptors (Lipinski definition) is 0. The van der Waals surface area contributed by atoms with Crippen molar-refractivity contribution in [3.8, 4) is 0 Å². The van der Waals surface area contributed by atoms with E-state index in [-0.39, 0.29) is 0 Å². The Morgan fingerprint density at radius 2 is 2.33 bits per heavy atom. The van der Waals surface area contributed by atoms with Crippen LogP contribution in [0.4, 0.5) is 0 Å². The SMILES string of the molecule is C1=CC=S=[13C]=C1. The maximum Gasteiger partial charge on any atom is -0.000904 e. The van der Waals surface area contributed by atoms with E-state index in [4.69, 9.17) is 0 Å². The van der Waals surface area contributed by atoms with E-state index in [0.29, 0.717) is 0 Å². The van der Waals surface area contributed by atoms with Gasteiger partial charge in [0, 0.05) is 0 Å². The zero-order chi connectivity index (χ0) is 4.24. The minimum atomic E-state index is 1.58. The second-order valence-electron chi connectivity index (χ2n) is 0.923. The topological polar surface area (TPSA) is 0 Å². The molecule has 0 aromatic carbocycles. The van der Waals surface area contributed by atoms with E-state index in [0.717, 1.165) is 0 Å². The average Bonchev–Trinajstić information content (AvgIpc) is 1.72. The van der Waals surface area contributed by atoms with Gasteiger partial charge >= 0.3 is 0 Å². The lowest BCUT2D eigenvalue weighted by Gasteiger charge is -1.67. The summed E-state index contributed by atoms with van der Waals surface area (Å²) in [5.74, 6) is 0. The van der Waals surface area contributed by atoms with Gasteiger partial charge in [0.05, 0.1) is 0 Å². The number of rotatable bonds is 0. The molecule has 1 heteroatoms. The molecule has 0 fully saturated rings. The smallest absolute Gasteiger partial charge is 0.000904 e. The molecule has 30 valence electrons. The first kappa shape index (κ1) is 3.66. The second-order valence-corrected chi connectivity index (χ2v) is 1.67. The van der Waals surface area contributed by atoms with E-state index in [1.54, 1.807) is 10.9 Å². The fraction of sp³-hybridized carbons (Fsp3) is 0. The molecule has 0 atom stereocenters. The monoisotopic (exact) mass is 97.0 g/mol. The van der Waals surface area contributed by atoms with Crippen LogP contribution in [0.3, 0.4) is 0 Å². The average molecular weight is 97.1 g/mol. The standard InChI is InChI=1S/C5H4S/c1-2-4-6-5-3-1/h1-4H/i5+1. The van der Waals surface area contributed by atoms with Crippen molar-refractivity contribution in [3.63, 3.8) is 0 Å². The lowest BCUT2D eigenvalue weighted by Crippen LogP contribution is -1.57. The summed E-state index contributed by atoms with van der Waals surface area (Å²) in [5.41, 5.74) is 0. The molecule has 0 nitrogen and oxygen atoms in total. The van der Waals surface area contributed by atoms with Crippen molar-refractivity contribution < 1.29 is 0 Å². The molecule has 0 spiro atoms. The molecule has 0 unspecified atom stereocenters. The molecular weight excluding hydrogens is 93.1 g/mol. The molecule has 0 bridgehead atoms. The summed E-state index contributed by atoms with van der Waals surface area (Å²) < 4.78 is 0. The van der Waals surface area contributed by atoms with E-state index in [2.05, 4.69) is 5.02 Å². The summed E-state index contributed by atoms with van der Waals surface area (Å²) in [4.78, 5) is 0. The van der Waals surface area contributed by atoms with E-state index in [1.807, 2.05) is 23.6 Å². The molecule has 0 N–H and O–H groups in total. The summed E-state index contributed by atoms with van der Waals surface area (Å²) in [7, 11) is 1.58. The van der Waals surface area contributed by atoms with Crippen molar-refractivity contribution in [2.45, 2.75) is 0 Å². The Morgan fingerprint density at radius 1 is 1.33 bits per heavy atom. The molecule has 1 heterocycles. The Kier molecular flexibility index (Phi) is 1.10. The van der Waals surface area contributed by atoms with Crippen LogP contribution in [0.25, 0.3) is 0 Å². The number of hydrogen-bond donors (Lipinski definition) is 0. The molecule has 0 aromatic heterocycles. The molecule has 6 heavy (non-hydrogen) atoms. The summed E-state index contributed by atoms with van der Waals surface area (Å²) >= 11 is 0. The zero-order valence-corrected chi connectivity index (χ0v) is 4.03. The Bertz CT molecular complexity index is 135. The normalized spacial score (nSPS) is 14.7. The van der Waals surface area contributed by atoms with E-state index in [1.165, 1.54) is 0 Å². The Labute approximate surface area is 40.3 Å². The molecule has 0 saturated heterocycles. The molecule has 0 aliphatic carbocycles. The van der Waals surface area contributed by atoms with Crippen LogP contribution in [0, 0.1) is 0 Å². The van der Waals surface area contributed by atoms with Gasteiger partial charge in [-0.3, -0.25) is 0 Å². The van der Waals surface area contributed by atoms with Crippen molar-refractivity contribution in [2.75, 3.05) is 0 Å². The van der Waals surface area contributed by atoms with Crippen LogP contribution >= 0.6 is 10.9 Å². The third kappa shape index (κ3) is 0.713. The summed E-state index contributed by atoms with van der Waals surface area (Å²) in [5, 5.41) is 4.92. The highest BCUT2D eigenvalue weighted by molar-refractivity contribution is 7.95. The largest absolute Gasteiger partial charge is 0.101 e. The van der Waals surface area contributed by atoms with Gasteiger partial charge in [0.1, 0.15) is 0 Å². The highest BCUT2D eigenvalue weighted by atomic mass is 32.1. The summed E-state index contributed by atoms with van der Waals surface area (Å²) in [6.07, 6.45) is 5.84. The first-order valence-electron chi connectivity index (χ1n) is 1.73. The second kappa shape index (κ2) is 1.81. The Morgan fingerprint density at radius 3 is 2.50 bits per heavy atom. The first-order valence-corrected chi connectivity index (χ1v) is 2.61. The maximum absolute atomic E-state index is 2.93. The van der Waals surface area contributed by atoms with E-state index < -0.39 is 0 Å². The predicted molar refractivity (Wildman–Crippen MR) is 32.4 cm³/mol. The summed E-state index contributed by atoms with van der Waals surface area (Å²) in [6, 6.07) is 0. The molecule has 0 aromatic rings. The molecule has 0 amide bonds. The van der Waals surface area contributed by atoms with E-state index in [9.17, 15) is 0 Å². The van der Waals surface area contributed by atoms with Crippen LogP contribution < -0.4 is 0 Å². The van der Waals surface area contributed by atoms with Gasteiger partial charge in [0.15, 0.2) is 0 Å². The van der Waals surface area contributed by atoms with Crippen LogP contribution in [0.2, 0.25) is 0 Å². The van der Waals surface area contributed by atoms with Gasteiger partial charge in [-0.2, -0.15) is 0 Å². The fourth-order valence-corrected chi connectivity index (χ4v) is 0.663. The van der Waals surface area contributed by atoms with Gasteiger partial charge in [0.25, 0.3) is 0 Å². The molecule has 0 radical (unpaired) electrons. The molecular formula is C5H4S. The Hall–Kier alpha value is -0.520. The van der Waals surface area contributed by atoms with Gasteiger partial charge in [0.2, 0.25) is 0 Å². The highest BCUT2D eigenvalue weighted by Crippen LogP contribution is 1.75. The van der Waals surface area contributed by atoms with Crippen LogP contribution in [-0.2, 0) is 0 Å². The van der Waals surface area contributed by atoms with Crippen molar-refractivity contribution in [2.24, 2.45) is 0 Å². The summed E-state index contributed by atoms with van der Waals surface area (Å²) in [6.45, 7) is 0. The van der Waals surface area contributed by atoms with Crippen molar-refractivity contribution in [1.82, 2.24) is 0 Å². The predicted octanol–water partition coefficient (Wildman–Crippen LogP) is 1.05. The van der Waals surface area contributed by atoms with Crippen LogP contribution in [0.15, 0.2) is 18.2 Å². The minimum Gasteiger partial charge on any atom is -0.101 e. The van der Waals surface area contributed by atoms with Crippen LogP contribution in [0.5, 0.6) is 0 Å². The van der Waals surface area contributed by atoms with Crippen molar-refractivity contribution >= 4 is 21.3 Å². The van der Waals surface area contributed by atoms with Gasteiger partial charge in [-0.15, -0.1) is 10.9 Å². The molecule has 0 saturated carbocycles. The highest BCUT2D eigenvalue weighted by Gasteiger charge is 1.59. The lowest BCUT2D eigenvalue weighted by atomic mass is 10.6. The van der Waals surface area contributed by atoms with Crippen molar-refractivity contribution in [3.05, 3.63) is 18.2 Å². The van der Waals surface area contributed by atoms with Crippen LogP contribution in [-0.4, -0.2) is 10.4 Å². The molecule has 1 aliphatic rings. The van der Waals surface area contributed by atoms with Gasteiger partial charge in [-0.05, 0) is 11.4 Å². The fourth-order valence-electron chi connectivity index (χ4n) is 0.258. The lowest BCUT2D eigenvalue weighted by molar-refractivity contribution is 2.15. The number of allylic oxidation sites excluding steroid dienone is 3. The zero-order valence-electron chi connectivity index (χ0n) is 3.22. The van der Waals surface area contributed by atoms with Crippen LogP contribution in [0.1, 0.15) is 0 Å². The quantitative estimate of drug-likeness (QED) is 0.313. The molecule has 1 rings (SSSR count). The third-order valence-electron chi connectivity index (χ3n) is 0.490. The van der Waals surface area contributed by atoms with Gasteiger partial charge in [-0.1, -0.05) is 17.2 Å². The minimum absolute atomic E-state index is 1.58. The first-order chi connectivity index (χ1) is 3.00.